The number of nitrogens with zero attached hydrogens (tertiary/aromatic N) is 2. The molecular formula is C28H29ClF3N3O4. The van der Waals surface area contributed by atoms with Crippen molar-refractivity contribution < 1.29 is 32.6 Å². The van der Waals surface area contributed by atoms with Crippen molar-refractivity contribution in [3.05, 3.63) is 70.7 Å². The zero-order chi connectivity index (χ0) is 28.6. The number of anilines is 1. The van der Waals surface area contributed by atoms with Crippen molar-refractivity contribution in [2.24, 2.45) is 5.92 Å². The monoisotopic (exact) mass is 563 g/mol. The van der Waals surface area contributed by atoms with E-state index in [2.05, 4.69) is 29.4 Å². The van der Waals surface area contributed by atoms with Crippen LogP contribution in [0.4, 0.5) is 18.9 Å². The van der Waals surface area contributed by atoms with E-state index in [0.29, 0.717) is 23.2 Å². The third-order valence-corrected chi connectivity index (χ3v) is 6.62. The summed E-state index contributed by atoms with van der Waals surface area (Å²) < 4.78 is 44.6. The van der Waals surface area contributed by atoms with E-state index in [1.165, 1.54) is 6.07 Å². The van der Waals surface area contributed by atoms with Gasteiger partial charge in [0.2, 0.25) is 5.88 Å². The summed E-state index contributed by atoms with van der Waals surface area (Å²) in [6.45, 7) is 4.39. The molecule has 3 aromatic rings. The van der Waals surface area contributed by atoms with Gasteiger partial charge in [-0.15, -0.1) is 10.2 Å². The maximum atomic E-state index is 12.9. The van der Waals surface area contributed by atoms with Crippen LogP contribution >= 0.6 is 11.6 Å². The van der Waals surface area contributed by atoms with Crippen molar-refractivity contribution in [2.75, 3.05) is 11.9 Å². The van der Waals surface area contributed by atoms with Gasteiger partial charge in [0.05, 0.1) is 22.3 Å². The van der Waals surface area contributed by atoms with Crippen molar-refractivity contribution >= 4 is 29.0 Å². The molecule has 0 aliphatic carbocycles. The minimum Gasteiger partial charge on any atom is -0.481 e. The van der Waals surface area contributed by atoms with Crippen molar-refractivity contribution in [2.45, 2.75) is 51.7 Å². The van der Waals surface area contributed by atoms with E-state index in [4.69, 9.17) is 21.4 Å². The first kappa shape index (κ1) is 29.9. The van der Waals surface area contributed by atoms with Gasteiger partial charge in [0, 0.05) is 35.7 Å². The molecule has 3 rings (SSSR count). The smallest absolute Gasteiger partial charge is 0.416 e. The number of rotatable bonds is 13. The number of benzene rings is 2. The number of Topliss-reactive ketones (excluding diaryl/α,β-unsaturated/α-hetero) is 1. The van der Waals surface area contributed by atoms with Gasteiger partial charge in [0.1, 0.15) is 6.61 Å². The number of carboxylic acid groups (broad SMARTS) is 1. The predicted molar refractivity (Wildman–Crippen MR) is 142 cm³/mol. The minimum absolute atomic E-state index is 0.0438. The van der Waals surface area contributed by atoms with Crippen molar-refractivity contribution in [1.29, 1.82) is 0 Å². The quantitative estimate of drug-likeness (QED) is 0.213. The van der Waals surface area contributed by atoms with Gasteiger partial charge >= 0.3 is 12.1 Å². The second-order valence-electron chi connectivity index (χ2n) is 9.14. The minimum atomic E-state index is -4.49. The number of hydrogen-bond donors (Lipinski definition) is 2. The van der Waals surface area contributed by atoms with Crippen LogP contribution in [0.1, 0.15) is 55.5 Å². The maximum absolute atomic E-state index is 12.9. The molecule has 7 nitrogen and oxygen atoms in total. The largest absolute Gasteiger partial charge is 0.481 e. The summed E-state index contributed by atoms with van der Waals surface area (Å²) in [5.41, 5.74) is 1.11. The Morgan fingerprint density at radius 1 is 1.05 bits per heavy atom. The molecule has 0 saturated heterocycles. The summed E-state index contributed by atoms with van der Waals surface area (Å²) in [5.74, 6) is -0.560. The SMILES string of the molecule is CC[C@H](C)[C@@H](COc1ccc(-c2ccc(C(F)(F)F)cc2Cl)nn1)Nc1ccc(C(=O)CCCC(=O)O)cc1. The Balaban J connectivity index is 1.61. The molecule has 1 aromatic heterocycles. The van der Waals surface area contributed by atoms with E-state index in [9.17, 15) is 22.8 Å². The second kappa shape index (κ2) is 13.4. The summed E-state index contributed by atoms with van der Waals surface area (Å²) >= 11 is 6.05. The molecule has 0 saturated carbocycles. The van der Waals surface area contributed by atoms with Crippen LogP contribution in [0, 0.1) is 5.92 Å². The van der Waals surface area contributed by atoms with Gasteiger partial charge < -0.3 is 15.2 Å². The molecule has 0 aliphatic heterocycles. The number of nitrogens with one attached hydrogen (secondary N) is 1. The fourth-order valence-corrected chi connectivity index (χ4v) is 4.04. The van der Waals surface area contributed by atoms with E-state index in [0.717, 1.165) is 24.2 Å². The Morgan fingerprint density at radius 2 is 1.77 bits per heavy atom. The molecule has 11 heteroatoms. The average molecular weight is 564 g/mol. The highest BCUT2D eigenvalue weighted by Crippen LogP contribution is 2.35. The predicted octanol–water partition coefficient (Wildman–Crippen LogP) is 7.16. The molecule has 0 aliphatic rings. The first-order valence-corrected chi connectivity index (χ1v) is 12.8. The number of ether oxygens (including phenoxy) is 1. The first-order valence-electron chi connectivity index (χ1n) is 12.4. The van der Waals surface area contributed by atoms with Crippen LogP contribution in [0.25, 0.3) is 11.3 Å². The van der Waals surface area contributed by atoms with Gasteiger partial charge in [0.25, 0.3) is 0 Å². The Labute approximate surface area is 229 Å². The van der Waals surface area contributed by atoms with Crippen LogP contribution in [-0.2, 0) is 11.0 Å². The normalized spacial score (nSPS) is 13.0. The van der Waals surface area contributed by atoms with Crippen LogP contribution in [-0.4, -0.2) is 39.7 Å². The lowest BCUT2D eigenvalue weighted by Crippen LogP contribution is -2.33. The van der Waals surface area contributed by atoms with Gasteiger partial charge in [-0.25, -0.2) is 0 Å². The highest BCUT2D eigenvalue weighted by molar-refractivity contribution is 6.33. The number of alkyl halides is 3. The fourth-order valence-electron chi connectivity index (χ4n) is 3.76. The highest BCUT2D eigenvalue weighted by Gasteiger charge is 2.31. The number of aromatic nitrogens is 2. The molecule has 0 unspecified atom stereocenters. The molecule has 2 N–H and O–H groups in total. The lowest BCUT2D eigenvalue weighted by Gasteiger charge is -2.25. The lowest BCUT2D eigenvalue weighted by atomic mass is 9.99. The first-order chi connectivity index (χ1) is 18.5. The van der Waals surface area contributed by atoms with Crippen LogP contribution in [0.5, 0.6) is 5.88 Å². The molecule has 208 valence electrons. The van der Waals surface area contributed by atoms with Crippen LogP contribution in [0.2, 0.25) is 5.02 Å². The molecule has 0 fully saturated rings. The Morgan fingerprint density at radius 3 is 2.33 bits per heavy atom. The lowest BCUT2D eigenvalue weighted by molar-refractivity contribution is -0.138. The summed E-state index contributed by atoms with van der Waals surface area (Å²) in [5, 5.41) is 20.2. The van der Waals surface area contributed by atoms with Crippen molar-refractivity contribution in [3.8, 4) is 17.1 Å². The number of carbonyl (C=O) groups is 2. The summed E-state index contributed by atoms with van der Waals surface area (Å²) in [7, 11) is 0. The zero-order valence-corrected chi connectivity index (χ0v) is 22.2. The molecule has 0 amide bonds. The average Bonchev–Trinajstić information content (AvgIpc) is 2.90. The van der Waals surface area contributed by atoms with Crippen molar-refractivity contribution in [1.82, 2.24) is 10.2 Å². The third-order valence-electron chi connectivity index (χ3n) is 6.31. The maximum Gasteiger partial charge on any atom is 0.416 e. The third kappa shape index (κ3) is 8.68. The molecule has 2 atom stereocenters. The topological polar surface area (TPSA) is 101 Å². The molecule has 2 aromatic carbocycles. The van der Waals surface area contributed by atoms with Gasteiger partial charge in [0.15, 0.2) is 5.78 Å². The molecule has 0 spiro atoms. The Bertz CT molecular complexity index is 1270. The zero-order valence-electron chi connectivity index (χ0n) is 21.5. The highest BCUT2D eigenvalue weighted by atomic mass is 35.5. The van der Waals surface area contributed by atoms with Crippen molar-refractivity contribution in [3.63, 3.8) is 0 Å². The summed E-state index contributed by atoms with van der Waals surface area (Å²) in [6.07, 6.45) is -3.19. The Hall–Kier alpha value is -3.66. The molecule has 0 bridgehead atoms. The van der Waals surface area contributed by atoms with E-state index in [1.54, 1.807) is 36.4 Å². The molecular weight excluding hydrogens is 535 g/mol. The van der Waals surface area contributed by atoms with Crippen LogP contribution in [0.3, 0.4) is 0 Å². The number of carbonyl (C=O) groups excluding carboxylic acids is 1. The van der Waals surface area contributed by atoms with Gasteiger partial charge in [-0.2, -0.15) is 13.2 Å². The van der Waals surface area contributed by atoms with E-state index in [1.807, 2.05) is 0 Å². The van der Waals surface area contributed by atoms with E-state index < -0.39 is 17.7 Å². The standard InChI is InChI=1S/C28H29ClF3N3O4/c1-3-17(2)24(33-20-10-7-18(8-11-20)25(36)5-4-6-27(37)38)16-39-26-14-13-23(34-35-26)21-12-9-19(15-22(21)29)28(30,31)32/h7-15,17,24,33H,3-6,16H2,1-2H3,(H,37,38)/t17-,24+/m0/s1. The Kier molecular flexibility index (Phi) is 10.3. The van der Waals surface area contributed by atoms with Gasteiger partial charge in [-0.05, 0) is 54.8 Å². The van der Waals surface area contributed by atoms with Crippen LogP contribution < -0.4 is 10.1 Å². The second-order valence-corrected chi connectivity index (χ2v) is 9.55. The number of ketones is 1. The van der Waals surface area contributed by atoms with Gasteiger partial charge in [-0.3, -0.25) is 9.59 Å². The number of halogens is 4. The molecule has 0 radical (unpaired) electrons. The van der Waals surface area contributed by atoms with E-state index in [-0.39, 0.29) is 48.1 Å². The summed E-state index contributed by atoms with van der Waals surface area (Å²) in [6, 6.07) is 13.1. The number of aliphatic carboxylic acids is 1. The number of carboxylic acids is 1. The molecule has 1 heterocycles. The van der Waals surface area contributed by atoms with Gasteiger partial charge in [-0.1, -0.05) is 37.9 Å². The van der Waals surface area contributed by atoms with E-state index >= 15 is 0 Å². The molecule has 39 heavy (non-hydrogen) atoms. The van der Waals surface area contributed by atoms with Crippen LogP contribution in [0.15, 0.2) is 54.6 Å². The summed E-state index contributed by atoms with van der Waals surface area (Å²) in [4.78, 5) is 22.9. The fraction of sp³-hybridized carbons (Fsp3) is 0.357. The number of hydrogen-bond acceptors (Lipinski definition) is 6.